The lowest BCUT2D eigenvalue weighted by atomic mass is 10.1. The van der Waals surface area contributed by atoms with E-state index in [-0.39, 0.29) is 11.5 Å². The molecule has 0 unspecified atom stereocenters. The number of rotatable bonds is 3. The molecule has 0 aromatic heterocycles. The van der Waals surface area contributed by atoms with E-state index in [1.807, 2.05) is 12.1 Å². The van der Waals surface area contributed by atoms with Crippen LogP contribution in [0.4, 0.5) is 0 Å². The molecule has 0 bridgehead atoms. The van der Waals surface area contributed by atoms with Gasteiger partial charge in [-0.05, 0) is 36.2 Å². The predicted molar refractivity (Wildman–Crippen MR) is 68.9 cm³/mol. The Balaban J connectivity index is 2.14. The quantitative estimate of drug-likeness (QED) is 0.664. The Morgan fingerprint density at radius 1 is 1.11 bits per heavy atom. The lowest BCUT2D eigenvalue weighted by Crippen LogP contribution is -2.08. The van der Waals surface area contributed by atoms with E-state index in [1.54, 1.807) is 30.3 Å². The van der Waals surface area contributed by atoms with Crippen LogP contribution in [0, 0.1) is 0 Å². The van der Waals surface area contributed by atoms with E-state index in [0.29, 0.717) is 5.56 Å². The van der Waals surface area contributed by atoms with Crippen molar-refractivity contribution in [3.63, 3.8) is 0 Å². The molecule has 0 fully saturated rings. The molecule has 0 saturated heterocycles. The van der Waals surface area contributed by atoms with Gasteiger partial charge in [-0.3, -0.25) is 0 Å². The molecule has 1 N–H and O–H groups in total. The standard InChI is InChI=1S/C15H14O3/c1-2-11-7-9-12(10-8-11)15(17)18-14-6-4-3-5-13(14)16/h3-10,16H,2H2,1H3. The highest BCUT2D eigenvalue weighted by molar-refractivity contribution is 5.91. The van der Waals surface area contributed by atoms with Crippen LogP contribution < -0.4 is 4.74 Å². The van der Waals surface area contributed by atoms with E-state index in [0.717, 1.165) is 12.0 Å². The van der Waals surface area contributed by atoms with Crippen LogP contribution in [0.3, 0.4) is 0 Å². The van der Waals surface area contributed by atoms with Gasteiger partial charge in [-0.2, -0.15) is 0 Å². The minimum Gasteiger partial charge on any atom is -0.504 e. The first-order valence-corrected chi connectivity index (χ1v) is 5.80. The highest BCUT2D eigenvalue weighted by Crippen LogP contribution is 2.25. The van der Waals surface area contributed by atoms with Gasteiger partial charge in [0.1, 0.15) is 0 Å². The molecule has 0 aliphatic carbocycles. The van der Waals surface area contributed by atoms with E-state index in [4.69, 9.17) is 4.74 Å². The molecular formula is C15H14O3. The fraction of sp³-hybridized carbons (Fsp3) is 0.133. The van der Waals surface area contributed by atoms with Crippen molar-refractivity contribution in [3.8, 4) is 11.5 Å². The van der Waals surface area contributed by atoms with Crippen molar-refractivity contribution in [2.24, 2.45) is 0 Å². The van der Waals surface area contributed by atoms with Crippen LogP contribution in [0.2, 0.25) is 0 Å². The van der Waals surface area contributed by atoms with Crippen LogP contribution in [0.25, 0.3) is 0 Å². The summed E-state index contributed by atoms with van der Waals surface area (Å²) >= 11 is 0. The fourth-order valence-corrected chi connectivity index (χ4v) is 1.58. The number of aryl methyl sites for hydroxylation is 1. The largest absolute Gasteiger partial charge is 0.504 e. The Morgan fingerprint density at radius 3 is 2.39 bits per heavy atom. The second kappa shape index (κ2) is 5.36. The topological polar surface area (TPSA) is 46.5 Å². The highest BCUT2D eigenvalue weighted by atomic mass is 16.5. The van der Waals surface area contributed by atoms with Gasteiger partial charge >= 0.3 is 5.97 Å². The highest BCUT2D eigenvalue weighted by Gasteiger charge is 2.10. The van der Waals surface area contributed by atoms with E-state index in [9.17, 15) is 9.90 Å². The van der Waals surface area contributed by atoms with Crippen molar-refractivity contribution in [3.05, 3.63) is 59.7 Å². The van der Waals surface area contributed by atoms with E-state index in [2.05, 4.69) is 6.92 Å². The maximum atomic E-state index is 11.8. The van der Waals surface area contributed by atoms with Crippen LogP contribution in [0.15, 0.2) is 48.5 Å². The molecule has 0 saturated carbocycles. The molecule has 3 nitrogen and oxygen atoms in total. The Hall–Kier alpha value is -2.29. The third-order valence-corrected chi connectivity index (χ3v) is 2.67. The average molecular weight is 242 g/mol. The number of phenolic OH excluding ortho intramolecular Hbond substituents is 1. The lowest BCUT2D eigenvalue weighted by Gasteiger charge is -2.06. The summed E-state index contributed by atoms with van der Waals surface area (Å²) in [6, 6.07) is 13.6. The Morgan fingerprint density at radius 2 is 1.78 bits per heavy atom. The van der Waals surface area contributed by atoms with Gasteiger partial charge in [0, 0.05) is 0 Å². The van der Waals surface area contributed by atoms with Crippen molar-refractivity contribution in [1.82, 2.24) is 0 Å². The first kappa shape index (κ1) is 12.2. The van der Waals surface area contributed by atoms with Crippen LogP contribution in [0.1, 0.15) is 22.8 Å². The van der Waals surface area contributed by atoms with Gasteiger partial charge in [0.25, 0.3) is 0 Å². The summed E-state index contributed by atoms with van der Waals surface area (Å²) in [5.74, 6) is -0.350. The number of carbonyl (C=O) groups excluding carboxylic acids is 1. The summed E-state index contributed by atoms with van der Waals surface area (Å²) in [6.45, 7) is 2.05. The zero-order chi connectivity index (χ0) is 13.0. The molecule has 0 amide bonds. The van der Waals surface area contributed by atoms with Crippen LogP contribution in [-0.4, -0.2) is 11.1 Å². The van der Waals surface area contributed by atoms with Gasteiger partial charge in [-0.15, -0.1) is 0 Å². The minimum atomic E-state index is -0.473. The molecule has 2 aromatic carbocycles. The molecule has 0 heterocycles. The van der Waals surface area contributed by atoms with Crippen molar-refractivity contribution in [2.45, 2.75) is 13.3 Å². The van der Waals surface area contributed by atoms with Gasteiger partial charge in [0.05, 0.1) is 5.56 Å². The molecule has 92 valence electrons. The van der Waals surface area contributed by atoms with Crippen molar-refractivity contribution >= 4 is 5.97 Å². The zero-order valence-electron chi connectivity index (χ0n) is 10.1. The number of carbonyl (C=O) groups is 1. The Kier molecular flexibility index (Phi) is 3.63. The molecule has 0 radical (unpaired) electrons. The summed E-state index contributed by atoms with van der Waals surface area (Å²) in [7, 11) is 0. The van der Waals surface area contributed by atoms with Crippen LogP contribution >= 0.6 is 0 Å². The molecular weight excluding hydrogens is 228 g/mol. The average Bonchev–Trinajstić information content (AvgIpc) is 2.41. The van der Waals surface area contributed by atoms with Crippen molar-refractivity contribution < 1.29 is 14.6 Å². The second-order valence-electron chi connectivity index (χ2n) is 3.91. The SMILES string of the molecule is CCc1ccc(C(=O)Oc2ccccc2O)cc1. The lowest BCUT2D eigenvalue weighted by molar-refractivity contribution is 0.0729. The number of hydrogen-bond acceptors (Lipinski definition) is 3. The molecule has 0 atom stereocenters. The number of aromatic hydroxyl groups is 1. The molecule has 0 aliphatic rings. The van der Waals surface area contributed by atoms with E-state index < -0.39 is 5.97 Å². The van der Waals surface area contributed by atoms with Gasteiger partial charge in [-0.25, -0.2) is 4.79 Å². The number of phenols is 1. The summed E-state index contributed by atoms with van der Waals surface area (Å²) in [5.41, 5.74) is 1.63. The Bertz CT molecular complexity index is 544. The summed E-state index contributed by atoms with van der Waals surface area (Å²) in [4.78, 5) is 11.8. The van der Waals surface area contributed by atoms with Crippen molar-refractivity contribution in [2.75, 3.05) is 0 Å². The number of benzene rings is 2. The third kappa shape index (κ3) is 2.69. The number of esters is 1. The molecule has 2 aromatic rings. The van der Waals surface area contributed by atoms with E-state index in [1.165, 1.54) is 6.07 Å². The molecule has 2 rings (SSSR count). The number of para-hydroxylation sites is 2. The summed E-state index contributed by atoms with van der Waals surface area (Å²) < 4.78 is 5.12. The Labute approximate surface area is 106 Å². The van der Waals surface area contributed by atoms with Crippen LogP contribution in [0.5, 0.6) is 11.5 Å². The van der Waals surface area contributed by atoms with Crippen molar-refractivity contribution in [1.29, 1.82) is 0 Å². The van der Waals surface area contributed by atoms with Gasteiger partial charge < -0.3 is 9.84 Å². The fourth-order valence-electron chi connectivity index (χ4n) is 1.58. The summed E-state index contributed by atoms with van der Waals surface area (Å²) in [5, 5.41) is 9.51. The van der Waals surface area contributed by atoms with Crippen LogP contribution in [-0.2, 0) is 6.42 Å². The van der Waals surface area contributed by atoms with Gasteiger partial charge in [-0.1, -0.05) is 31.2 Å². The predicted octanol–water partition coefficient (Wildman–Crippen LogP) is 3.17. The summed E-state index contributed by atoms with van der Waals surface area (Å²) in [6.07, 6.45) is 0.925. The third-order valence-electron chi connectivity index (χ3n) is 2.67. The first-order chi connectivity index (χ1) is 8.70. The monoisotopic (exact) mass is 242 g/mol. The van der Waals surface area contributed by atoms with E-state index >= 15 is 0 Å². The maximum Gasteiger partial charge on any atom is 0.343 e. The molecule has 3 heteroatoms. The first-order valence-electron chi connectivity index (χ1n) is 5.80. The van der Waals surface area contributed by atoms with Gasteiger partial charge in [0.15, 0.2) is 11.5 Å². The zero-order valence-corrected chi connectivity index (χ0v) is 10.1. The second-order valence-corrected chi connectivity index (χ2v) is 3.91. The molecule has 0 spiro atoms. The normalized spacial score (nSPS) is 10.1. The number of ether oxygens (including phenoxy) is 1. The maximum absolute atomic E-state index is 11.8. The smallest absolute Gasteiger partial charge is 0.343 e. The van der Waals surface area contributed by atoms with Gasteiger partial charge in [0.2, 0.25) is 0 Å². The molecule has 18 heavy (non-hydrogen) atoms. The minimum absolute atomic E-state index is 0.0453. The molecule has 0 aliphatic heterocycles. The number of hydrogen-bond donors (Lipinski definition) is 1.